The van der Waals surface area contributed by atoms with Gasteiger partial charge in [-0.15, -0.1) is 0 Å². The second kappa shape index (κ2) is 8.11. The molecule has 0 N–H and O–H groups in total. The van der Waals surface area contributed by atoms with E-state index in [1.165, 1.54) is 0 Å². The minimum atomic E-state index is -0.0462. The van der Waals surface area contributed by atoms with E-state index < -0.39 is 0 Å². The summed E-state index contributed by atoms with van der Waals surface area (Å²) in [5, 5.41) is 0. The monoisotopic (exact) mass is 170 g/mol. The lowest BCUT2D eigenvalue weighted by atomic mass is 9.99. The second-order valence-corrected chi connectivity index (χ2v) is 2.74. The molecular formula is C9H14O3. The Labute approximate surface area is 72.1 Å². The highest BCUT2D eigenvalue weighted by Crippen LogP contribution is 2.10. The van der Waals surface area contributed by atoms with Gasteiger partial charge in [-0.3, -0.25) is 0 Å². The van der Waals surface area contributed by atoms with Crippen molar-refractivity contribution in [3.8, 4) is 0 Å². The zero-order chi connectivity index (χ0) is 9.23. The third kappa shape index (κ3) is 5.77. The van der Waals surface area contributed by atoms with E-state index in [2.05, 4.69) is 0 Å². The highest BCUT2D eigenvalue weighted by Gasteiger charge is 2.05. The quantitative estimate of drug-likeness (QED) is 0.405. The van der Waals surface area contributed by atoms with Crippen molar-refractivity contribution in [1.82, 2.24) is 0 Å². The van der Waals surface area contributed by atoms with Gasteiger partial charge in [0.05, 0.1) is 0 Å². The summed E-state index contributed by atoms with van der Waals surface area (Å²) >= 11 is 0. The molecule has 0 aliphatic heterocycles. The molecule has 12 heavy (non-hydrogen) atoms. The van der Waals surface area contributed by atoms with Crippen LogP contribution in [0.25, 0.3) is 0 Å². The Morgan fingerprint density at radius 3 is 2.08 bits per heavy atom. The Kier molecular flexibility index (Phi) is 7.44. The number of carbonyl (C=O) groups excluding carboxylic acids is 3. The first-order valence-corrected chi connectivity index (χ1v) is 4.17. The lowest BCUT2D eigenvalue weighted by Gasteiger charge is -2.05. The summed E-state index contributed by atoms with van der Waals surface area (Å²) in [5.41, 5.74) is 0. The van der Waals surface area contributed by atoms with Crippen LogP contribution in [0.1, 0.15) is 32.1 Å². The fourth-order valence-corrected chi connectivity index (χ4v) is 1.03. The molecule has 1 unspecified atom stereocenters. The normalized spacial score (nSPS) is 12.0. The van der Waals surface area contributed by atoms with Crippen molar-refractivity contribution in [3.05, 3.63) is 0 Å². The van der Waals surface area contributed by atoms with Crippen LogP contribution >= 0.6 is 0 Å². The van der Waals surface area contributed by atoms with Gasteiger partial charge in [-0.2, -0.15) is 0 Å². The molecule has 1 atom stereocenters. The molecule has 0 saturated carbocycles. The van der Waals surface area contributed by atoms with Crippen molar-refractivity contribution in [2.75, 3.05) is 0 Å². The van der Waals surface area contributed by atoms with Crippen LogP contribution in [0.3, 0.4) is 0 Å². The zero-order valence-electron chi connectivity index (χ0n) is 7.07. The van der Waals surface area contributed by atoms with Gasteiger partial charge in [-0.05, 0) is 19.3 Å². The Hall–Kier alpha value is -0.990. The van der Waals surface area contributed by atoms with E-state index in [0.717, 1.165) is 31.7 Å². The Morgan fingerprint density at radius 1 is 0.917 bits per heavy atom. The summed E-state index contributed by atoms with van der Waals surface area (Å²) in [6, 6.07) is 0. The number of unbranched alkanes of at least 4 members (excludes halogenated alkanes) is 1. The Balaban J connectivity index is 3.44. The summed E-state index contributed by atoms with van der Waals surface area (Å²) in [6.45, 7) is 0. The summed E-state index contributed by atoms with van der Waals surface area (Å²) in [4.78, 5) is 30.3. The van der Waals surface area contributed by atoms with Crippen molar-refractivity contribution in [1.29, 1.82) is 0 Å². The predicted octanol–water partition coefficient (Wildman–Crippen LogP) is 1.15. The molecule has 0 rings (SSSR count). The lowest BCUT2D eigenvalue weighted by molar-refractivity contribution is -0.112. The highest BCUT2D eigenvalue weighted by molar-refractivity contribution is 5.56. The molecule has 0 bridgehead atoms. The van der Waals surface area contributed by atoms with Crippen LogP contribution in [0.5, 0.6) is 0 Å². The van der Waals surface area contributed by atoms with E-state index in [1.807, 2.05) is 0 Å². The fraction of sp³-hybridized carbons (Fsp3) is 0.667. The number of carbonyl (C=O) groups is 3. The molecule has 0 fully saturated rings. The van der Waals surface area contributed by atoms with Gasteiger partial charge in [0.25, 0.3) is 0 Å². The molecule has 3 nitrogen and oxygen atoms in total. The van der Waals surface area contributed by atoms with E-state index >= 15 is 0 Å². The first-order chi connectivity index (χ1) is 5.85. The molecule has 0 saturated heterocycles. The lowest BCUT2D eigenvalue weighted by Crippen LogP contribution is -2.02. The number of rotatable bonds is 8. The minimum absolute atomic E-state index is 0.0462. The summed E-state index contributed by atoms with van der Waals surface area (Å²) in [5.74, 6) is -0.0462. The average molecular weight is 170 g/mol. The van der Waals surface area contributed by atoms with Crippen LogP contribution in [-0.4, -0.2) is 18.9 Å². The van der Waals surface area contributed by atoms with E-state index in [0.29, 0.717) is 19.3 Å². The molecule has 0 aromatic rings. The molecule has 3 heteroatoms. The van der Waals surface area contributed by atoms with Crippen molar-refractivity contribution in [2.45, 2.75) is 32.1 Å². The van der Waals surface area contributed by atoms with Crippen LogP contribution in [-0.2, 0) is 14.4 Å². The second-order valence-electron chi connectivity index (χ2n) is 2.74. The molecule has 0 amide bonds. The van der Waals surface area contributed by atoms with Crippen molar-refractivity contribution in [3.63, 3.8) is 0 Å². The Bertz CT molecular complexity index is 143. The summed E-state index contributed by atoms with van der Waals surface area (Å²) in [6.07, 6.45) is 5.55. The van der Waals surface area contributed by atoms with E-state index in [9.17, 15) is 14.4 Å². The smallest absolute Gasteiger partial charge is 0.123 e. The number of aldehydes is 3. The molecule has 0 aromatic carbocycles. The van der Waals surface area contributed by atoms with Crippen LogP contribution < -0.4 is 0 Å². The first kappa shape index (κ1) is 11.0. The molecular weight excluding hydrogens is 156 g/mol. The van der Waals surface area contributed by atoms with Crippen molar-refractivity contribution >= 4 is 18.9 Å². The van der Waals surface area contributed by atoms with Crippen LogP contribution in [0.15, 0.2) is 0 Å². The van der Waals surface area contributed by atoms with Crippen LogP contribution in [0.2, 0.25) is 0 Å². The van der Waals surface area contributed by atoms with Gasteiger partial charge >= 0.3 is 0 Å². The van der Waals surface area contributed by atoms with Crippen molar-refractivity contribution < 1.29 is 14.4 Å². The van der Waals surface area contributed by atoms with Gasteiger partial charge < -0.3 is 14.4 Å². The first-order valence-electron chi connectivity index (χ1n) is 4.17. The van der Waals surface area contributed by atoms with E-state index in [1.54, 1.807) is 0 Å². The maximum absolute atomic E-state index is 10.4. The summed E-state index contributed by atoms with van der Waals surface area (Å²) < 4.78 is 0. The topological polar surface area (TPSA) is 51.2 Å². The fourth-order valence-electron chi connectivity index (χ4n) is 1.03. The standard InChI is InChI=1S/C9H14O3/c10-6-2-1-4-9(8-12)5-3-7-11/h6-9H,1-5H2. The van der Waals surface area contributed by atoms with Gasteiger partial charge in [-0.25, -0.2) is 0 Å². The molecule has 0 heterocycles. The maximum atomic E-state index is 10.4. The van der Waals surface area contributed by atoms with Gasteiger partial charge in [0, 0.05) is 18.8 Å². The van der Waals surface area contributed by atoms with Gasteiger partial charge in [-0.1, -0.05) is 0 Å². The largest absolute Gasteiger partial charge is 0.303 e. The number of hydrogen-bond donors (Lipinski definition) is 0. The maximum Gasteiger partial charge on any atom is 0.123 e. The van der Waals surface area contributed by atoms with Gasteiger partial charge in [0.2, 0.25) is 0 Å². The van der Waals surface area contributed by atoms with Crippen molar-refractivity contribution in [2.24, 2.45) is 5.92 Å². The summed E-state index contributed by atoms with van der Waals surface area (Å²) in [7, 11) is 0. The Morgan fingerprint density at radius 2 is 1.58 bits per heavy atom. The van der Waals surface area contributed by atoms with E-state index in [4.69, 9.17) is 0 Å². The number of hydrogen-bond acceptors (Lipinski definition) is 3. The van der Waals surface area contributed by atoms with Gasteiger partial charge in [0.1, 0.15) is 18.9 Å². The average Bonchev–Trinajstić information content (AvgIpc) is 2.11. The molecule has 0 spiro atoms. The molecule has 0 aliphatic rings. The SMILES string of the molecule is O=CCCCC(C=O)CCC=O. The predicted molar refractivity (Wildman–Crippen MR) is 44.8 cm³/mol. The molecule has 0 aromatic heterocycles. The van der Waals surface area contributed by atoms with Crippen LogP contribution in [0, 0.1) is 5.92 Å². The van der Waals surface area contributed by atoms with Gasteiger partial charge in [0.15, 0.2) is 0 Å². The zero-order valence-corrected chi connectivity index (χ0v) is 7.07. The molecule has 0 radical (unpaired) electrons. The third-order valence-corrected chi connectivity index (χ3v) is 1.74. The highest BCUT2D eigenvalue weighted by atomic mass is 16.1. The van der Waals surface area contributed by atoms with Crippen LogP contribution in [0.4, 0.5) is 0 Å². The molecule has 68 valence electrons. The third-order valence-electron chi connectivity index (χ3n) is 1.74. The van der Waals surface area contributed by atoms with E-state index in [-0.39, 0.29) is 5.92 Å². The molecule has 0 aliphatic carbocycles. The minimum Gasteiger partial charge on any atom is -0.303 e.